The summed E-state index contributed by atoms with van der Waals surface area (Å²) >= 11 is 0. The van der Waals surface area contributed by atoms with Crippen molar-refractivity contribution in [3.05, 3.63) is 23.8 Å². The summed E-state index contributed by atoms with van der Waals surface area (Å²) in [4.78, 5) is 22.7. The van der Waals surface area contributed by atoms with E-state index in [1.807, 2.05) is 6.07 Å². The molecule has 1 fully saturated rings. The van der Waals surface area contributed by atoms with Crippen molar-refractivity contribution in [3.63, 3.8) is 0 Å². The number of rotatable bonds is 8. The van der Waals surface area contributed by atoms with Crippen molar-refractivity contribution in [2.75, 3.05) is 13.7 Å². The van der Waals surface area contributed by atoms with Gasteiger partial charge in [-0.25, -0.2) is 4.79 Å². The van der Waals surface area contributed by atoms with Crippen molar-refractivity contribution in [1.82, 2.24) is 5.32 Å². The molecule has 1 aromatic rings. The Kier molecular flexibility index (Phi) is 7.10. The van der Waals surface area contributed by atoms with Gasteiger partial charge in [0.2, 0.25) is 5.91 Å². The van der Waals surface area contributed by atoms with Crippen molar-refractivity contribution >= 4 is 11.9 Å². The number of ether oxygens (including phenoxy) is 2. The molecule has 0 spiro atoms. The molecule has 0 aliphatic heterocycles. The molecule has 6 nitrogen and oxygen atoms in total. The Balaban J connectivity index is 1.83. The van der Waals surface area contributed by atoms with Gasteiger partial charge in [0.15, 0.2) is 18.1 Å². The second-order valence-corrected chi connectivity index (χ2v) is 6.69. The number of benzene rings is 1. The lowest BCUT2D eigenvalue weighted by atomic mass is 9.87. The van der Waals surface area contributed by atoms with E-state index in [-0.39, 0.29) is 5.91 Å². The van der Waals surface area contributed by atoms with Crippen molar-refractivity contribution in [2.24, 2.45) is 5.92 Å². The monoisotopic (exact) mass is 349 g/mol. The summed E-state index contributed by atoms with van der Waals surface area (Å²) in [5.41, 5.74) is 0.951. The molecule has 2 N–H and O–H groups in total. The van der Waals surface area contributed by atoms with Gasteiger partial charge in [0, 0.05) is 12.5 Å². The highest BCUT2D eigenvalue weighted by molar-refractivity contribution is 5.76. The summed E-state index contributed by atoms with van der Waals surface area (Å²) in [5, 5.41) is 11.8. The minimum Gasteiger partial charge on any atom is -0.493 e. The van der Waals surface area contributed by atoms with Gasteiger partial charge in [-0.15, -0.1) is 0 Å². The molecule has 0 aromatic heterocycles. The number of amides is 1. The van der Waals surface area contributed by atoms with Crippen molar-refractivity contribution in [1.29, 1.82) is 0 Å². The zero-order valence-electron chi connectivity index (χ0n) is 14.9. The first-order chi connectivity index (χ1) is 12.0. The Morgan fingerprint density at radius 2 is 1.92 bits per heavy atom. The number of carbonyl (C=O) groups excluding carboxylic acids is 1. The summed E-state index contributed by atoms with van der Waals surface area (Å²) in [6.07, 6.45) is 5.52. The Labute approximate surface area is 148 Å². The molecule has 1 aromatic carbocycles. The molecule has 138 valence electrons. The first-order valence-corrected chi connectivity index (χ1v) is 8.78. The fraction of sp³-hybridized carbons (Fsp3) is 0.579. The second kappa shape index (κ2) is 9.30. The molecule has 1 saturated carbocycles. The average Bonchev–Trinajstić information content (AvgIpc) is 2.60. The molecule has 1 aliphatic carbocycles. The maximum absolute atomic E-state index is 12.1. The van der Waals surface area contributed by atoms with E-state index in [1.54, 1.807) is 12.1 Å². The Hall–Kier alpha value is -2.24. The average molecular weight is 349 g/mol. The van der Waals surface area contributed by atoms with E-state index in [2.05, 4.69) is 12.2 Å². The number of carboxylic acids is 1. The van der Waals surface area contributed by atoms with Crippen LogP contribution in [0.2, 0.25) is 0 Å². The van der Waals surface area contributed by atoms with Crippen LogP contribution in [0, 0.1) is 5.92 Å². The van der Waals surface area contributed by atoms with Crippen LogP contribution in [0.15, 0.2) is 18.2 Å². The lowest BCUT2D eigenvalue weighted by Gasteiger charge is -2.26. The van der Waals surface area contributed by atoms with Gasteiger partial charge in [-0.3, -0.25) is 4.79 Å². The minimum atomic E-state index is -1.04. The molecule has 0 bridgehead atoms. The van der Waals surface area contributed by atoms with E-state index in [4.69, 9.17) is 14.6 Å². The van der Waals surface area contributed by atoms with Crippen molar-refractivity contribution in [2.45, 2.75) is 51.5 Å². The normalized spacial score (nSPS) is 19.9. The fourth-order valence-electron chi connectivity index (χ4n) is 3.09. The molecule has 0 saturated heterocycles. The first-order valence-electron chi connectivity index (χ1n) is 8.78. The van der Waals surface area contributed by atoms with Crippen LogP contribution in [0.1, 0.15) is 44.6 Å². The number of carbonyl (C=O) groups is 2. The molecule has 0 heterocycles. The highest BCUT2D eigenvalue weighted by Gasteiger charge is 2.19. The van der Waals surface area contributed by atoms with Crippen LogP contribution in [0.3, 0.4) is 0 Å². The van der Waals surface area contributed by atoms with Crippen LogP contribution in [-0.2, 0) is 16.0 Å². The first kappa shape index (κ1) is 19.1. The van der Waals surface area contributed by atoms with Gasteiger partial charge in [0.25, 0.3) is 0 Å². The summed E-state index contributed by atoms with van der Waals surface area (Å²) in [6.45, 7) is 1.84. The van der Waals surface area contributed by atoms with Gasteiger partial charge in [-0.2, -0.15) is 0 Å². The third kappa shape index (κ3) is 6.29. The zero-order valence-corrected chi connectivity index (χ0v) is 14.9. The lowest BCUT2D eigenvalue weighted by molar-refractivity contribution is -0.139. The van der Waals surface area contributed by atoms with Gasteiger partial charge in [0.05, 0.1) is 7.11 Å². The highest BCUT2D eigenvalue weighted by Crippen LogP contribution is 2.28. The molecule has 1 aliphatic rings. The fourth-order valence-corrected chi connectivity index (χ4v) is 3.09. The predicted octanol–water partition coefficient (Wildman–Crippen LogP) is 2.79. The van der Waals surface area contributed by atoms with Crippen molar-refractivity contribution < 1.29 is 24.2 Å². The van der Waals surface area contributed by atoms with Crippen LogP contribution in [0.25, 0.3) is 0 Å². The van der Waals surface area contributed by atoms with Crippen LogP contribution in [0.5, 0.6) is 11.5 Å². The molecule has 25 heavy (non-hydrogen) atoms. The topological polar surface area (TPSA) is 84.9 Å². The summed E-state index contributed by atoms with van der Waals surface area (Å²) in [6, 6.07) is 5.60. The molecule has 6 heteroatoms. The maximum Gasteiger partial charge on any atom is 0.341 e. The SMILES string of the molecule is COc1cc(CCC(=O)N[C@H]2CC[C@H](C)CC2)ccc1OCC(=O)O. The lowest BCUT2D eigenvalue weighted by Crippen LogP contribution is -2.37. The van der Waals surface area contributed by atoms with Crippen LogP contribution in [-0.4, -0.2) is 36.7 Å². The second-order valence-electron chi connectivity index (χ2n) is 6.69. The molecule has 0 unspecified atom stereocenters. The Morgan fingerprint density at radius 3 is 2.56 bits per heavy atom. The molecule has 1 amide bonds. The van der Waals surface area contributed by atoms with Crippen LogP contribution >= 0.6 is 0 Å². The van der Waals surface area contributed by atoms with E-state index < -0.39 is 12.6 Å². The van der Waals surface area contributed by atoms with Crippen molar-refractivity contribution in [3.8, 4) is 11.5 Å². The van der Waals surface area contributed by atoms with E-state index in [1.165, 1.54) is 20.0 Å². The van der Waals surface area contributed by atoms with E-state index in [0.29, 0.717) is 30.4 Å². The standard InChI is InChI=1S/C19H27NO5/c1-13-3-7-15(8-4-13)20-18(21)10-6-14-5-9-16(17(11-14)24-2)25-12-19(22)23/h5,9,11,13,15H,3-4,6-8,10,12H2,1-2H3,(H,20,21)(H,22,23)/t13-,15-. The predicted molar refractivity (Wildman–Crippen MR) is 94.0 cm³/mol. The number of hydrogen-bond acceptors (Lipinski definition) is 4. The molecule has 2 rings (SSSR count). The van der Waals surface area contributed by atoms with Gasteiger partial charge >= 0.3 is 5.97 Å². The Bertz CT molecular complexity index is 593. The largest absolute Gasteiger partial charge is 0.493 e. The quantitative estimate of drug-likeness (QED) is 0.754. The molecular weight excluding hydrogens is 322 g/mol. The zero-order chi connectivity index (χ0) is 18.2. The number of aryl methyl sites for hydroxylation is 1. The van der Waals surface area contributed by atoms with Gasteiger partial charge in [-0.05, 0) is 55.7 Å². The van der Waals surface area contributed by atoms with Gasteiger partial charge < -0.3 is 19.9 Å². The van der Waals surface area contributed by atoms with E-state index >= 15 is 0 Å². The third-order valence-electron chi connectivity index (χ3n) is 4.60. The smallest absolute Gasteiger partial charge is 0.341 e. The van der Waals surface area contributed by atoms with Gasteiger partial charge in [-0.1, -0.05) is 13.0 Å². The summed E-state index contributed by atoms with van der Waals surface area (Å²) in [5.74, 6) is 0.655. The van der Waals surface area contributed by atoms with Crippen LogP contribution in [0.4, 0.5) is 0 Å². The number of nitrogens with one attached hydrogen (secondary N) is 1. The molecule has 0 radical (unpaired) electrons. The number of methoxy groups -OCH3 is 1. The third-order valence-corrected chi connectivity index (χ3v) is 4.60. The number of aliphatic carboxylic acids is 1. The Morgan fingerprint density at radius 1 is 1.20 bits per heavy atom. The van der Waals surface area contributed by atoms with E-state index in [9.17, 15) is 9.59 Å². The maximum atomic E-state index is 12.1. The summed E-state index contributed by atoms with van der Waals surface area (Å²) in [7, 11) is 1.50. The summed E-state index contributed by atoms with van der Waals surface area (Å²) < 4.78 is 10.4. The van der Waals surface area contributed by atoms with Gasteiger partial charge in [0.1, 0.15) is 0 Å². The molecular formula is C19H27NO5. The van der Waals surface area contributed by atoms with Crippen LogP contribution < -0.4 is 14.8 Å². The highest BCUT2D eigenvalue weighted by atomic mass is 16.5. The minimum absolute atomic E-state index is 0.0738. The number of carboxylic acid groups (broad SMARTS) is 1. The molecule has 0 atom stereocenters. The number of hydrogen-bond donors (Lipinski definition) is 2. The van der Waals surface area contributed by atoms with E-state index in [0.717, 1.165) is 24.3 Å².